The minimum absolute atomic E-state index is 0.0242. The van der Waals surface area contributed by atoms with Crippen molar-refractivity contribution >= 4 is 6.03 Å². The molecule has 1 aromatic carbocycles. The summed E-state index contributed by atoms with van der Waals surface area (Å²) in [4.78, 5) is 14.6. The molecule has 2 unspecified atom stereocenters. The zero-order valence-corrected chi connectivity index (χ0v) is 14.3. The summed E-state index contributed by atoms with van der Waals surface area (Å²) < 4.78 is 5.96. The van der Waals surface area contributed by atoms with Gasteiger partial charge in [-0.2, -0.15) is 0 Å². The number of rotatable bonds is 2. The molecule has 0 aromatic heterocycles. The maximum absolute atomic E-state index is 12.7. The first-order chi connectivity index (χ1) is 11.1. The number of amides is 2. The van der Waals surface area contributed by atoms with Crippen LogP contribution in [-0.2, 0) is 4.74 Å². The number of nitrogens with zero attached hydrogens (tertiary/aromatic N) is 1. The predicted octanol–water partition coefficient (Wildman–Crippen LogP) is 3.80. The smallest absolute Gasteiger partial charge is 0.318 e. The largest absolute Gasteiger partial charge is 0.370 e. The first-order valence-electron chi connectivity index (χ1n) is 8.89. The molecular weight excluding hydrogens is 288 g/mol. The van der Waals surface area contributed by atoms with Crippen molar-refractivity contribution in [3.8, 4) is 0 Å². The SMILES string of the molecule is Cc1ccc(C2CN(C(=O)NC3CCCCC3)C(C)CO2)cc1. The van der Waals surface area contributed by atoms with Crippen molar-refractivity contribution in [1.82, 2.24) is 10.2 Å². The van der Waals surface area contributed by atoms with Crippen LogP contribution < -0.4 is 5.32 Å². The molecule has 126 valence electrons. The van der Waals surface area contributed by atoms with Gasteiger partial charge in [0, 0.05) is 6.04 Å². The summed E-state index contributed by atoms with van der Waals surface area (Å²) in [5.74, 6) is 0. The molecule has 2 aliphatic rings. The molecule has 0 radical (unpaired) electrons. The third-order valence-corrected chi connectivity index (χ3v) is 5.08. The Kier molecular flexibility index (Phi) is 5.21. The Balaban J connectivity index is 1.63. The highest BCUT2D eigenvalue weighted by Gasteiger charge is 2.31. The van der Waals surface area contributed by atoms with Crippen molar-refractivity contribution in [2.75, 3.05) is 13.2 Å². The summed E-state index contributed by atoms with van der Waals surface area (Å²) in [5, 5.41) is 3.23. The van der Waals surface area contributed by atoms with Crippen LogP contribution in [0.4, 0.5) is 4.79 Å². The monoisotopic (exact) mass is 316 g/mol. The van der Waals surface area contributed by atoms with Crippen LogP contribution in [0, 0.1) is 6.92 Å². The van der Waals surface area contributed by atoms with Crippen LogP contribution in [0.15, 0.2) is 24.3 Å². The van der Waals surface area contributed by atoms with E-state index in [0.717, 1.165) is 18.4 Å². The van der Waals surface area contributed by atoms with E-state index < -0.39 is 0 Å². The quantitative estimate of drug-likeness (QED) is 0.901. The number of morpholine rings is 1. The van der Waals surface area contributed by atoms with Crippen LogP contribution in [0.25, 0.3) is 0 Å². The fourth-order valence-electron chi connectivity index (χ4n) is 3.53. The topological polar surface area (TPSA) is 41.6 Å². The van der Waals surface area contributed by atoms with E-state index in [2.05, 4.69) is 43.4 Å². The van der Waals surface area contributed by atoms with Gasteiger partial charge in [0.2, 0.25) is 0 Å². The van der Waals surface area contributed by atoms with Crippen LogP contribution in [0.5, 0.6) is 0 Å². The molecule has 1 aromatic rings. The van der Waals surface area contributed by atoms with Gasteiger partial charge in [-0.3, -0.25) is 0 Å². The van der Waals surface area contributed by atoms with Gasteiger partial charge in [-0.25, -0.2) is 4.79 Å². The van der Waals surface area contributed by atoms with Gasteiger partial charge < -0.3 is 15.0 Å². The molecule has 2 atom stereocenters. The second kappa shape index (κ2) is 7.35. The second-order valence-electron chi connectivity index (χ2n) is 7.02. The van der Waals surface area contributed by atoms with Crippen LogP contribution >= 0.6 is 0 Å². The number of carbonyl (C=O) groups is 1. The molecular formula is C19H28N2O2. The molecule has 1 aliphatic carbocycles. The van der Waals surface area contributed by atoms with Crippen molar-refractivity contribution in [2.45, 2.75) is 64.1 Å². The molecule has 0 spiro atoms. The third-order valence-electron chi connectivity index (χ3n) is 5.08. The van der Waals surface area contributed by atoms with E-state index in [1.165, 1.54) is 24.8 Å². The minimum atomic E-state index is -0.0242. The van der Waals surface area contributed by atoms with Crippen LogP contribution in [-0.4, -0.2) is 36.2 Å². The van der Waals surface area contributed by atoms with Gasteiger partial charge in [0.05, 0.1) is 19.2 Å². The number of hydrogen-bond donors (Lipinski definition) is 1. The van der Waals surface area contributed by atoms with Crippen molar-refractivity contribution in [1.29, 1.82) is 0 Å². The van der Waals surface area contributed by atoms with Crippen LogP contribution in [0.2, 0.25) is 0 Å². The summed E-state index contributed by atoms with van der Waals surface area (Å²) in [6.45, 7) is 5.36. The molecule has 3 rings (SSSR count). The lowest BCUT2D eigenvalue weighted by Gasteiger charge is -2.39. The zero-order valence-electron chi connectivity index (χ0n) is 14.3. The lowest BCUT2D eigenvalue weighted by atomic mass is 9.95. The average Bonchev–Trinajstić information content (AvgIpc) is 2.57. The molecule has 23 heavy (non-hydrogen) atoms. The zero-order chi connectivity index (χ0) is 16.2. The number of urea groups is 1. The molecule has 4 heteroatoms. The number of benzene rings is 1. The molecule has 1 saturated heterocycles. The number of hydrogen-bond acceptors (Lipinski definition) is 2. The number of carbonyl (C=O) groups excluding carboxylic acids is 1. The third kappa shape index (κ3) is 4.05. The second-order valence-corrected chi connectivity index (χ2v) is 7.02. The Morgan fingerprint density at radius 3 is 2.57 bits per heavy atom. The molecule has 1 saturated carbocycles. The lowest BCUT2D eigenvalue weighted by molar-refractivity contribution is -0.0432. The lowest BCUT2D eigenvalue weighted by Crippen LogP contribution is -2.54. The van der Waals surface area contributed by atoms with E-state index in [1.54, 1.807) is 0 Å². The maximum atomic E-state index is 12.7. The van der Waals surface area contributed by atoms with Gasteiger partial charge in [0.1, 0.15) is 6.10 Å². The maximum Gasteiger partial charge on any atom is 0.318 e. The Morgan fingerprint density at radius 2 is 1.87 bits per heavy atom. The van der Waals surface area contributed by atoms with E-state index in [9.17, 15) is 4.79 Å². The Morgan fingerprint density at radius 1 is 1.17 bits per heavy atom. The van der Waals surface area contributed by atoms with Gasteiger partial charge in [-0.1, -0.05) is 49.1 Å². The van der Waals surface area contributed by atoms with Gasteiger partial charge in [-0.15, -0.1) is 0 Å². The van der Waals surface area contributed by atoms with E-state index in [0.29, 0.717) is 19.2 Å². The molecule has 1 aliphatic heterocycles. The average molecular weight is 316 g/mol. The first kappa shape index (κ1) is 16.3. The highest BCUT2D eigenvalue weighted by Crippen LogP contribution is 2.26. The van der Waals surface area contributed by atoms with Crippen LogP contribution in [0.1, 0.15) is 56.3 Å². The molecule has 2 amide bonds. The summed E-state index contributed by atoms with van der Waals surface area (Å²) in [6, 6.07) is 8.96. The van der Waals surface area contributed by atoms with Gasteiger partial charge in [-0.05, 0) is 32.3 Å². The highest BCUT2D eigenvalue weighted by molar-refractivity contribution is 5.75. The van der Waals surface area contributed by atoms with Gasteiger partial charge >= 0.3 is 6.03 Å². The molecule has 0 bridgehead atoms. The van der Waals surface area contributed by atoms with Gasteiger partial charge in [0.25, 0.3) is 0 Å². The Labute approximate surface area is 139 Å². The number of ether oxygens (including phenoxy) is 1. The number of aryl methyl sites for hydroxylation is 1. The molecule has 1 heterocycles. The fourth-order valence-corrected chi connectivity index (χ4v) is 3.53. The molecule has 2 fully saturated rings. The van der Waals surface area contributed by atoms with E-state index in [1.807, 2.05) is 4.90 Å². The summed E-state index contributed by atoms with van der Waals surface area (Å²) >= 11 is 0. The van der Waals surface area contributed by atoms with E-state index >= 15 is 0 Å². The normalized spacial score (nSPS) is 26.1. The summed E-state index contributed by atoms with van der Waals surface area (Å²) in [6.07, 6.45) is 5.97. The first-order valence-corrected chi connectivity index (χ1v) is 8.89. The predicted molar refractivity (Wildman–Crippen MR) is 91.4 cm³/mol. The minimum Gasteiger partial charge on any atom is -0.370 e. The number of nitrogens with one attached hydrogen (secondary N) is 1. The summed E-state index contributed by atoms with van der Waals surface area (Å²) in [7, 11) is 0. The molecule has 1 N–H and O–H groups in total. The van der Waals surface area contributed by atoms with Crippen molar-refractivity contribution < 1.29 is 9.53 Å². The van der Waals surface area contributed by atoms with Crippen molar-refractivity contribution in [3.05, 3.63) is 35.4 Å². The van der Waals surface area contributed by atoms with Crippen molar-refractivity contribution in [3.63, 3.8) is 0 Å². The Hall–Kier alpha value is -1.55. The highest BCUT2D eigenvalue weighted by atomic mass is 16.5. The standard InChI is InChI=1S/C19H28N2O2/c1-14-8-10-16(11-9-14)18-12-21(15(2)13-23-18)19(22)20-17-6-4-3-5-7-17/h8-11,15,17-18H,3-7,12-13H2,1-2H3,(H,20,22). The van der Waals surface area contributed by atoms with Gasteiger partial charge in [0.15, 0.2) is 0 Å². The fraction of sp³-hybridized carbons (Fsp3) is 0.632. The van der Waals surface area contributed by atoms with Crippen LogP contribution in [0.3, 0.4) is 0 Å². The van der Waals surface area contributed by atoms with E-state index in [-0.39, 0.29) is 18.2 Å². The van der Waals surface area contributed by atoms with E-state index in [4.69, 9.17) is 4.74 Å². The van der Waals surface area contributed by atoms with Crippen molar-refractivity contribution in [2.24, 2.45) is 0 Å². The Bertz CT molecular complexity index is 523. The summed E-state index contributed by atoms with van der Waals surface area (Å²) in [5.41, 5.74) is 2.39. The molecule has 4 nitrogen and oxygen atoms in total.